The smallest absolute Gasteiger partial charge is 0.258 e. The van der Waals surface area contributed by atoms with Crippen molar-refractivity contribution in [2.45, 2.75) is 20.0 Å². The third-order valence-corrected chi connectivity index (χ3v) is 4.78. The molecule has 3 aromatic rings. The van der Waals surface area contributed by atoms with E-state index in [-0.39, 0.29) is 5.56 Å². The Morgan fingerprint density at radius 2 is 1.75 bits per heavy atom. The Bertz CT molecular complexity index is 903. The molecule has 1 aromatic heterocycles. The lowest BCUT2D eigenvalue weighted by molar-refractivity contribution is -0.926. The Morgan fingerprint density at radius 3 is 2.46 bits per heavy atom. The topological polar surface area (TPSA) is 50.2 Å². The molecule has 24 heavy (non-hydrogen) atoms. The molecule has 0 saturated carbocycles. The number of hydrogen-bond donors (Lipinski definition) is 2. The zero-order chi connectivity index (χ0) is 17.1. The van der Waals surface area contributed by atoms with Crippen LogP contribution in [0.15, 0.2) is 47.3 Å². The number of hydrogen-bond acceptors (Lipinski definition) is 2. The second-order valence-electron chi connectivity index (χ2n) is 5.69. The highest BCUT2D eigenvalue weighted by Gasteiger charge is 2.15. The molecule has 0 fully saturated rings. The first kappa shape index (κ1) is 17.0. The lowest BCUT2D eigenvalue weighted by Crippen LogP contribution is -3.09. The van der Waals surface area contributed by atoms with E-state index < -0.39 is 0 Å². The predicted octanol–water partition coefficient (Wildman–Crippen LogP) is 2.83. The zero-order valence-corrected chi connectivity index (χ0v) is 14.8. The molecule has 0 spiro atoms. The highest BCUT2D eigenvalue weighted by atomic mass is 35.5. The van der Waals surface area contributed by atoms with Crippen molar-refractivity contribution in [3.8, 4) is 0 Å². The number of aromatic amines is 1. The highest BCUT2D eigenvalue weighted by molar-refractivity contribution is 6.35. The van der Waals surface area contributed by atoms with E-state index in [2.05, 4.69) is 16.9 Å². The van der Waals surface area contributed by atoms with Gasteiger partial charge < -0.3 is 9.88 Å². The average molecular weight is 363 g/mol. The summed E-state index contributed by atoms with van der Waals surface area (Å²) in [5.41, 5.74) is 1.52. The molecule has 0 aliphatic carbocycles. The van der Waals surface area contributed by atoms with Crippen LogP contribution in [0.1, 0.15) is 18.3 Å². The summed E-state index contributed by atoms with van der Waals surface area (Å²) >= 11 is 12.5. The zero-order valence-electron chi connectivity index (χ0n) is 13.3. The van der Waals surface area contributed by atoms with Crippen LogP contribution in [0.4, 0.5) is 0 Å². The van der Waals surface area contributed by atoms with Crippen molar-refractivity contribution < 1.29 is 4.90 Å². The molecule has 0 aliphatic rings. The van der Waals surface area contributed by atoms with Gasteiger partial charge in [0.15, 0.2) is 5.82 Å². The van der Waals surface area contributed by atoms with Gasteiger partial charge in [-0.15, -0.1) is 0 Å². The van der Waals surface area contributed by atoms with Gasteiger partial charge in [0, 0.05) is 5.56 Å². The van der Waals surface area contributed by atoms with E-state index in [9.17, 15) is 4.79 Å². The van der Waals surface area contributed by atoms with Crippen LogP contribution >= 0.6 is 23.2 Å². The van der Waals surface area contributed by atoms with Crippen LogP contribution in [0, 0.1) is 0 Å². The standard InChI is InChI=1S/C18H17Cl2N3O/c1-2-23(10-13-14(19)7-5-8-15(13)20)11-17-21-16-9-4-3-6-12(16)18(24)22-17/h3-9H,2,10-11H2,1H3,(H,21,22,24)/p+1. The van der Waals surface area contributed by atoms with E-state index in [1.807, 2.05) is 36.4 Å². The molecule has 1 heterocycles. The third-order valence-electron chi connectivity index (χ3n) is 4.07. The summed E-state index contributed by atoms with van der Waals surface area (Å²) in [7, 11) is 0. The molecule has 124 valence electrons. The maximum atomic E-state index is 12.2. The van der Waals surface area contributed by atoms with Crippen molar-refractivity contribution in [3.63, 3.8) is 0 Å². The van der Waals surface area contributed by atoms with Crippen molar-refractivity contribution in [3.05, 3.63) is 74.3 Å². The summed E-state index contributed by atoms with van der Waals surface area (Å²) in [4.78, 5) is 20.8. The average Bonchev–Trinajstić information content (AvgIpc) is 2.57. The van der Waals surface area contributed by atoms with Crippen molar-refractivity contribution >= 4 is 34.1 Å². The van der Waals surface area contributed by atoms with E-state index in [4.69, 9.17) is 23.2 Å². The van der Waals surface area contributed by atoms with Crippen LogP contribution in [0.3, 0.4) is 0 Å². The number of aromatic nitrogens is 2. The van der Waals surface area contributed by atoms with Crippen molar-refractivity contribution in [2.75, 3.05) is 6.54 Å². The van der Waals surface area contributed by atoms with Gasteiger partial charge in [-0.3, -0.25) is 4.79 Å². The summed E-state index contributed by atoms with van der Waals surface area (Å²) in [5.74, 6) is 0.665. The van der Waals surface area contributed by atoms with Gasteiger partial charge >= 0.3 is 0 Å². The maximum absolute atomic E-state index is 12.2. The molecule has 0 bridgehead atoms. The van der Waals surface area contributed by atoms with E-state index in [0.29, 0.717) is 39.9 Å². The second kappa shape index (κ2) is 7.34. The van der Waals surface area contributed by atoms with Crippen LogP contribution in [-0.2, 0) is 13.1 Å². The Balaban J connectivity index is 1.87. The maximum Gasteiger partial charge on any atom is 0.258 e. The molecule has 4 nitrogen and oxygen atoms in total. The number of halogens is 2. The summed E-state index contributed by atoms with van der Waals surface area (Å²) < 4.78 is 0. The number of H-pyrrole nitrogens is 1. The van der Waals surface area contributed by atoms with Crippen molar-refractivity contribution in [2.24, 2.45) is 0 Å². The molecule has 0 saturated heterocycles. The minimum atomic E-state index is -0.109. The van der Waals surface area contributed by atoms with Crippen molar-refractivity contribution in [1.82, 2.24) is 9.97 Å². The second-order valence-corrected chi connectivity index (χ2v) is 6.50. The fraction of sp³-hybridized carbons (Fsp3) is 0.222. The molecule has 0 amide bonds. The molecular weight excluding hydrogens is 345 g/mol. The van der Waals surface area contributed by atoms with E-state index >= 15 is 0 Å². The summed E-state index contributed by atoms with van der Waals surface area (Å²) in [5, 5.41) is 1.93. The van der Waals surface area contributed by atoms with Gasteiger partial charge in [-0.25, -0.2) is 4.98 Å². The van der Waals surface area contributed by atoms with Crippen LogP contribution in [0.2, 0.25) is 10.0 Å². The largest absolute Gasteiger partial charge is 0.325 e. The molecule has 1 atom stereocenters. The summed E-state index contributed by atoms with van der Waals surface area (Å²) in [6.07, 6.45) is 0. The van der Waals surface area contributed by atoms with Crippen LogP contribution in [-0.4, -0.2) is 16.5 Å². The number of para-hydroxylation sites is 1. The number of nitrogens with zero attached hydrogens (tertiary/aromatic N) is 1. The molecule has 2 aromatic carbocycles. The van der Waals surface area contributed by atoms with E-state index in [1.54, 1.807) is 6.07 Å². The predicted molar refractivity (Wildman–Crippen MR) is 97.7 cm³/mol. The molecule has 0 radical (unpaired) electrons. The van der Waals surface area contributed by atoms with Gasteiger partial charge in [0.1, 0.15) is 13.1 Å². The first-order valence-corrected chi connectivity index (χ1v) is 8.58. The first-order valence-electron chi connectivity index (χ1n) is 7.83. The van der Waals surface area contributed by atoms with Crippen LogP contribution < -0.4 is 10.5 Å². The molecule has 3 rings (SSSR count). The van der Waals surface area contributed by atoms with Gasteiger partial charge in [-0.05, 0) is 31.2 Å². The lowest BCUT2D eigenvalue weighted by atomic mass is 10.2. The van der Waals surface area contributed by atoms with E-state index in [0.717, 1.165) is 12.1 Å². The minimum Gasteiger partial charge on any atom is -0.325 e. The van der Waals surface area contributed by atoms with E-state index in [1.165, 1.54) is 4.90 Å². The Labute approximate surface area is 150 Å². The van der Waals surface area contributed by atoms with Crippen LogP contribution in [0.25, 0.3) is 10.9 Å². The Kier molecular flexibility index (Phi) is 5.19. The van der Waals surface area contributed by atoms with Gasteiger partial charge in [0.05, 0.1) is 27.5 Å². The van der Waals surface area contributed by atoms with Gasteiger partial charge in [0.25, 0.3) is 5.56 Å². The number of rotatable bonds is 5. The van der Waals surface area contributed by atoms with Crippen molar-refractivity contribution in [1.29, 1.82) is 0 Å². The highest BCUT2D eigenvalue weighted by Crippen LogP contribution is 2.23. The summed E-state index contributed by atoms with van der Waals surface area (Å²) in [6.45, 7) is 4.21. The molecule has 2 N–H and O–H groups in total. The Hall–Kier alpha value is -1.88. The van der Waals surface area contributed by atoms with Gasteiger partial charge in [0.2, 0.25) is 0 Å². The number of fused-ring (bicyclic) bond motifs is 1. The molecule has 0 aliphatic heterocycles. The normalized spacial score (nSPS) is 12.5. The number of quaternary nitrogens is 1. The lowest BCUT2D eigenvalue weighted by Gasteiger charge is -2.18. The number of nitrogens with one attached hydrogen (secondary N) is 2. The fourth-order valence-electron chi connectivity index (χ4n) is 2.72. The molecule has 1 unspecified atom stereocenters. The minimum absolute atomic E-state index is 0.109. The monoisotopic (exact) mass is 362 g/mol. The van der Waals surface area contributed by atoms with Gasteiger partial charge in [-0.2, -0.15) is 0 Å². The quantitative estimate of drug-likeness (QED) is 0.733. The summed E-state index contributed by atoms with van der Waals surface area (Å²) in [6, 6.07) is 12.9. The Morgan fingerprint density at radius 1 is 1.04 bits per heavy atom. The van der Waals surface area contributed by atoms with Gasteiger partial charge in [-0.1, -0.05) is 41.4 Å². The first-order chi connectivity index (χ1) is 11.6. The SMILES string of the molecule is CC[NH+](Cc1nc2ccccc2c(=O)[nH]1)Cc1c(Cl)cccc1Cl. The molecule has 6 heteroatoms. The van der Waals surface area contributed by atoms with Crippen LogP contribution in [0.5, 0.6) is 0 Å². The third kappa shape index (κ3) is 3.61. The number of benzene rings is 2. The molecular formula is C18H18Cl2N3O+. The fourth-order valence-corrected chi connectivity index (χ4v) is 3.25.